The maximum Gasteiger partial charge on any atom is 0.338 e. The van der Waals surface area contributed by atoms with E-state index >= 15 is 0 Å². The molecule has 2 aromatic rings. The molecule has 3 rings (SSSR count). The number of carbonyl (C=O) groups excluding carboxylic acids is 1. The molecule has 30 heavy (non-hydrogen) atoms. The van der Waals surface area contributed by atoms with Crippen LogP contribution in [0.15, 0.2) is 67.3 Å². The van der Waals surface area contributed by atoms with Crippen LogP contribution in [0.1, 0.15) is 10.4 Å². The molecule has 0 saturated carbocycles. The van der Waals surface area contributed by atoms with Crippen LogP contribution in [-0.4, -0.2) is 65.2 Å². The van der Waals surface area contributed by atoms with Gasteiger partial charge in [0.1, 0.15) is 42.5 Å². The number of hydrogen-bond acceptors (Lipinski definition) is 8. The lowest BCUT2D eigenvalue weighted by atomic mass is 9.99. The van der Waals surface area contributed by atoms with Crippen LogP contribution in [0.3, 0.4) is 0 Å². The Kier molecular flexibility index (Phi) is 7.56. The maximum atomic E-state index is 12.4. The molecule has 5 atom stereocenters. The molecule has 1 saturated heterocycles. The first-order valence-electron chi connectivity index (χ1n) is 9.42. The van der Waals surface area contributed by atoms with Gasteiger partial charge in [-0.1, -0.05) is 30.3 Å². The van der Waals surface area contributed by atoms with Gasteiger partial charge in [-0.3, -0.25) is 0 Å². The molecular formula is C22H24O8. The van der Waals surface area contributed by atoms with Gasteiger partial charge in [-0.25, -0.2) is 4.79 Å². The monoisotopic (exact) mass is 416 g/mol. The molecule has 0 aliphatic carbocycles. The summed E-state index contributed by atoms with van der Waals surface area (Å²) in [6.07, 6.45) is -5.14. The van der Waals surface area contributed by atoms with Gasteiger partial charge >= 0.3 is 5.97 Å². The van der Waals surface area contributed by atoms with E-state index in [2.05, 4.69) is 6.58 Å². The summed E-state index contributed by atoms with van der Waals surface area (Å²) in [7, 11) is 0. The average Bonchev–Trinajstić information content (AvgIpc) is 2.76. The second kappa shape index (κ2) is 10.3. The molecule has 0 bridgehead atoms. The van der Waals surface area contributed by atoms with Crippen LogP contribution in [0.2, 0.25) is 0 Å². The lowest BCUT2D eigenvalue weighted by Crippen LogP contribution is -2.59. The predicted molar refractivity (Wildman–Crippen MR) is 106 cm³/mol. The SMILES string of the molecule is C=CCO[C@@H]1[C@@H](O)[C@H](O)[C@@H](COC(=O)c2cccc(Oc3ccccc3)c2)O[C@H]1O. The highest BCUT2D eigenvalue weighted by Crippen LogP contribution is 2.24. The van der Waals surface area contributed by atoms with Crippen LogP contribution < -0.4 is 4.74 Å². The van der Waals surface area contributed by atoms with E-state index in [9.17, 15) is 20.1 Å². The zero-order valence-electron chi connectivity index (χ0n) is 16.2. The van der Waals surface area contributed by atoms with Gasteiger partial charge in [0.25, 0.3) is 0 Å². The van der Waals surface area contributed by atoms with E-state index in [-0.39, 0.29) is 18.8 Å². The molecule has 1 heterocycles. The number of para-hydroxylation sites is 1. The fourth-order valence-electron chi connectivity index (χ4n) is 2.97. The third-order valence-electron chi connectivity index (χ3n) is 4.50. The Balaban J connectivity index is 1.58. The van der Waals surface area contributed by atoms with E-state index in [0.29, 0.717) is 11.5 Å². The fourth-order valence-corrected chi connectivity index (χ4v) is 2.97. The Bertz CT molecular complexity index is 840. The topological polar surface area (TPSA) is 115 Å². The van der Waals surface area contributed by atoms with Gasteiger partial charge in [-0.05, 0) is 30.3 Å². The Morgan fingerprint density at radius 1 is 1.03 bits per heavy atom. The standard InChI is InChI=1S/C22H24O8/c1-2-11-27-20-19(24)18(23)17(30-22(20)26)13-28-21(25)14-7-6-10-16(12-14)29-15-8-4-3-5-9-15/h2-10,12,17-20,22-24,26H,1,11,13H2/t17-,18-,19+,20-,22-/m1/s1. The molecule has 8 heteroatoms. The number of esters is 1. The highest BCUT2D eigenvalue weighted by Gasteiger charge is 2.45. The van der Waals surface area contributed by atoms with E-state index < -0.39 is 36.7 Å². The lowest BCUT2D eigenvalue weighted by Gasteiger charge is -2.39. The molecule has 3 N–H and O–H groups in total. The van der Waals surface area contributed by atoms with Crippen molar-refractivity contribution in [1.29, 1.82) is 0 Å². The number of hydrogen-bond donors (Lipinski definition) is 3. The van der Waals surface area contributed by atoms with Gasteiger partial charge in [0, 0.05) is 0 Å². The third-order valence-corrected chi connectivity index (χ3v) is 4.50. The highest BCUT2D eigenvalue weighted by molar-refractivity contribution is 5.89. The Hall–Kier alpha value is -2.75. The molecule has 1 aliphatic heterocycles. The van der Waals surface area contributed by atoms with E-state index in [1.165, 1.54) is 12.1 Å². The number of aliphatic hydroxyl groups is 3. The third kappa shape index (κ3) is 5.44. The van der Waals surface area contributed by atoms with Gasteiger partial charge < -0.3 is 34.3 Å². The smallest absolute Gasteiger partial charge is 0.338 e. The predicted octanol–water partition coefficient (Wildman–Crippen LogP) is 1.65. The first kappa shape index (κ1) is 21.9. The minimum Gasteiger partial charge on any atom is -0.459 e. The van der Waals surface area contributed by atoms with E-state index in [4.69, 9.17) is 18.9 Å². The molecule has 0 aromatic heterocycles. The van der Waals surface area contributed by atoms with Crippen molar-refractivity contribution < 1.29 is 39.1 Å². The molecule has 0 radical (unpaired) electrons. The summed E-state index contributed by atoms with van der Waals surface area (Å²) in [5.41, 5.74) is 0.238. The Morgan fingerprint density at radius 3 is 2.50 bits per heavy atom. The van der Waals surface area contributed by atoms with Gasteiger partial charge in [0.05, 0.1) is 12.2 Å². The van der Waals surface area contributed by atoms with Crippen molar-refractivity contribution in [3.63, 3.8) is 0 Å². The van der Waals surface area contributed by atoms with Gasteiger partial charge in [-0.15, -0.1) is 6.58 Å². The summed E-state index contributed by atoms with van der Waals surface area (Å²) >= 11 is 0. The minimum atomic E-state index is -1.49. The summed E-state index contributed by atoms with van der Waals surface area (Å²) in [6.45, 7) is 3.17. The quantitative estimate of drug-likeness (QED) is 0.440. The van der Waals surface area contributed by atoms with E-state index in [1.807, 2.05) is 18.2 Å². The summed E-state index contributed by atoms with van der Waals surface area (Å²) in [6, 6.07) is 15.5. The highest BCUT2D eigenvalue weighted by atomic mass is 16.7. The van der Waals surface area contributed by atoms with E-state index in [1.54, 1.807) is 30.3 Å². The molecule has 160 valence electrons. The van der Waals surface area contributed by atoms with E-state index in [0.717, 1.165) is 0 Å². The minimum absolute atomic E-state index is 0.0654. The number of aliphatic hydroxyl groups excluding tert-OH is 3. The van der Waals surface area contributed by atoms with Crippen LogP contribution >= 0.6 is 0 Å². The summed E-state index contributed by atoms with van der Waals surface area (Å²) in [4.78, 5) is 12.4. The van der Waals surface area contributed by atoms with Crippen LogP contribution in [0.5, 0.6) is 11.5 Å². The van der Waals surface area contributed by atoms with Crippen molar-refractivity contribution in [2.24, 2.45) is 0 Å². The zero-order chi connectivity index (χ0) is 21.5. The number of rotatable bonds is 8. The largest absolute Gasteiger partial charge is 0.459 e. The van der Waals surface area contributed by atoms with Crippen molar-refractivity contribution in [3.8, 4) is 11.5 Å². The molecule has 1 fully saturated rings. The Labute approximate surface area is 173 Å². The van der Waals surface area contributed by atoms with Crippen LogP contribution in [-0.2, 0) is 14.2 Å². The van der Waals surface area contributed by atoms with Crippen molar-refractivity contribution >= 4 is 5.97 Å². The molecular weight excluding hydrogens is 392 g/mol. The Morgan fingerprint density at radius 2 is 1.77 bits per heavy atom. The summed E-state index contributed by atoms with van der Waals surface area (Å²) in [5, 5.41) is 30.4. The summed E-state index contributed by atoms with van der Waals surface area (Å²) < 4.78 is 21.4. The molecule has 0 unspecified atom stereocenters. The normalized spacial score (nSPS) is 26.0. The average molecular weight is 416 g/mol. The second-order valence-corrected chi connectivity index (χ2v) is 6.67. The molecule has 8 nitrogen and oxygen atoms in total. The zero-order valence-corrected chi connectivity index (χ0v) is 16.2. The number of benzene rings is 2. The van der Waals surface area contributed by atoms with Crippen LogP contribution in [0, 0.1) is 0 Å². The molecule has 2 aromatic carbocycles. The number of ether oxygens (including phenoxy) is 4. The summed E-state index contributed by atoms with van der Waals surface area (Å²) in [5.74, 6) is 0.411. The molecule has 1 aliphatic rings. The molecule has 0 amide bonds. The fraction of sp³-hybridized carbons (Fsp3) is 0.318. The molecule has 0 spiro atoms. The van der Waals surface area contributed by atoms with Crippen molar-refractivity contribution in [3.05, 3.63) is 72.8 Å². The lowest BCUT2D eigenvalue weighted by molar-refractivity contribution is -0.294. The maximum absolute atomic E-state index is 12.4. The van der Waals surface area contributed by atoms with Gasteiger partial charge in [0.15, 0.2) is 6.29 Å². The van der Waals surface area contributed by atoms with Crippen molar-refractivity contribution in [2.45, 2.75) is 30.7 Å². The van der Waals surface area contributed by atoms with Gasteiger partial charge in [-0.2, -0.15) is 0 Å². The van der Waals surface area contributed by atoms with Gasteiger partial charge in [0.2, 0.25) is 0 Å². The van der Waals surface area contributed by atoms with Crippen molar-refractivity contribution in [1.82, 2.24) is 0 Å². The first-order valence-corrected chi connectivity index (χ1v) is 9.42. The van der Waals surface area contributed by atoms with Crippen molar-refractivity contribution in [2.75, 3.05) is 13.2 Å². The number of carbonyl (C=O) groups is 1. The van der Waals surface area contributed by atoms with Crippen LogP contribution in [0.4, 0.5) is 0 Å². The van der Waals surface area contributed by atoms with Crippen LogP contribution in [0.25, 0.3) is 0 Å². The first-order chi connectivity index (χ1) is 14.5. The second-order valence-electron chi connectivity index (χ2n) is 6.67.